The van der Waals surface area contributed by atoms with Gasteiger partial charge in [-0.15, -0.1) is 0 Å². The lowest BCUT2D eigenvalue weighted by Gasteiger charge is -2.41. The molecule has 2 rings (SSSR count). The van der Waals surface area contributed by atoms with Crippen LogP contribution in [0.25, 0.3) is 0 Å². The zero-order valence-electron chi connectivity index (χ0n) is 9.50. The Bertz CT molecular complexity index is 343. The second kappa shape index (κ2) is 4.40. The summed E-state index contributed by atoms with van der Waals surface area (Å²) in [5.41, 5.74) is 0.859. The van der Waals surface area contributed by atoms with E-state index in [1.54, 1.807) is 0 Å². The van der Waals surface area contributed by atoms with E-state index in [0.29, 0.717) is 12.8 Å². The zero-order chi connectivity index (χ0) is 11.6. The third-order valence-electron chi connectivity index (χ3n) is 3.96. The maximum Gasteiger partial charge on any atom is 0.303 e. The standard InChI is InChI=1S/C13H18O3/c14-11-5-3-8-13(9-6-12(15)16)7-2-1-4-10(11)13/h4H,1-3,5-9H2,(H,15,16). The van der Waals surface area contributed by atoms with Crippen molar-refractivity contribution >= 4 is 11.8 Å². The lowest BCUT2D eigenvalue weighted by molar-refractivity contribution is -0.138. The van der Waals surface area contributed by atoms with Crippen LogP contribution < -0.4 is 0 Å². The number of rotatable bonds is 3. The van der Waals surface area contributed by atoms with Gasteiger partial charge in [-0.3, -0.25) is 9.59 Å². The lowest BCUT2D eigenvalue weighted by Crippen LogP contribution is -2.34. The third kappa shape index (κ3) is 2.04. The molecule has 0 heterocycles. The van der Waals surface area contributed by atoms with Crippen LogP contribution in [0.3, 0.4) is 0 Å². The van der Waals surface area contributed by atoms with Crippen molar-refractivity contribution in [2.75, 3.05) is 0 Å². The molecule has 0 aliphatic heterocycles. The number of carbonyl (C=O) groups is 2. The predicted octanol–water partition coefficient (Wildman–Crippen LogP) is 2.70. The number of carbonyl (C=O) groups excluding carboxylic acids is 1. The first-order valence-corrected chi connectivity index (χ1v) is 6.10. The van der Waals surface area contributed by atoms with Crippen LogP contribution in [-0.2, 0) is 9.59 Å². The van der Waals surface area contributed by atoms with Crippen LogP contribution in [0.2, 0.25) is 0 Å². The first-order chi connectivity index (χ1) is 7.64. The van der Waals surface area contributed by atoms with Gasteiger partial charge in [0.05, 0.1) is 0 Å². The molecule has 1 N–H and O–H groups in total. The van der Waals surface area contributed by atoms with Crippen molar-refractivity contribution in [3.63, 3.8) is 0 Å². The summed E-state index contributed by atoms with van der Waals surface area (Å²) in [5, 5.41) is 8.79. The smallest absolute Gasteiger partial charge is 0.303 e. The molecule has 0 bridgehead atoms. The highest BCUT2D eigenvalue weighted by molar-refractivity contribution is 5.97. The molecule has 3 nitrogen and oxygen atoms in total. The number of Topliss-reactive ketones (excluding diaryl/α,β-unsaturated/α-hetero) is 1. The molecule has 1 saturated carbocycles. The number of hydrogen-bond donors (Lipinski definition) is 1. The van der Waals surface area contributed by atoms with Crippen LogP contribution in [0.5, 0.6) is 0 Å². The van der Waals surface area contributed by atoms with Crippen LogP contribution in [0.1, 0.15) is 51.4 Å². The molecule has 16 heavy (non-hydrogen) atoms. The molecule has 0 aromatic carbocycles. The Morgan fingerprint density at radius 2 is 2.12 bits per heavy atom. The van der Waals surface area contributed by atoms with E-state index in [9.17, 15) is 9.59 Å². The summed E-state index contributed by atoms with van der Waals surface area (Å²) >= 11 is 0. The maximum absolute atomic E-state index is 11.9. The molecule has 0 saturated heterocycles. The number of allylic oxidation sites excluding steroid dienone is 2. The monoisotopic (exact) mass is 222 g/mol. The normalized spacial score (nSPS) is 29.5. The van der Waals surface area contributed by atoms with Gasteiger partial charge >= 0.3 is 5.97 Å². The van der Waals surface area contributed by atoms with Crippen LogP contribution in [0, 0.1) is 5.41 Å². The molecular weight excluding hydrogens is 204 g/mol. The van der Waals surface area contributed by atoms with Gasteiger partial charge < -0.3 is 5.11 Å². The largest absolute Gasteiger partial charge is 0.481 e. The average molecular weight is 222 g/mol. The minimum atomic E-state index is -0.752. The van der Waals surface area contributed by atoms with Gasteiger partial charge in [0.15, 0.2) is 5.78 Å². The fourth-order valence-corrected chi connectivity index (χ4v) is 3.16. The molecule has 2 aliphatic rings. The summed E-state index contributed by atoms with van der Waals surface area (Å²) in [6, 6.07) is 0. The molecule has 0 aromatic rings. The molecule has 1 unspecified atom stereocenters. The van der Waals surface area contributed by atoms with Gasteiger partial charge in [-0.1, -0.05) is 6.08 Å². The molecule has 3 heteroatoms. The average Bonchev–Trinajstić information content (AvgIpc) is 2.27. The van der Waals surface area contributed by atoms with Crippen molar-refractivity contribution in [2.45, 2.75) is 51.4 Å². The van der Waals surface area contributed by atoms with Crippen molar-refractivity contribution in [3.05, 3.63) is 11.6 Å². The van der Waals surface area contributed by atoms with E-state index in [0.717, 1.165) is 37.7 Å². The number of carboxylic acid groups (broad SMARTS) is 1. The highest BCUT2D eigenvalue weighted by atomic mass is 16.4. The lowest BCUT2D eigenvalue weighted by atomic mass is 9.62. The minimum Gasteiger partial charge on any atom is -0.481 e. The van der Waals surface area contributed by atoms with Crippen molar-refractivity contribution < 1.29 is 14.7 Å². The molecular formula is C13H18O3. The van der Waals surface area contributed by atoms with Crippen LogP contribution >= 0.6 is 0 Å². The quantitative estimate of drug-likeness (QED) is 0.798. The highest BCUT2D eigenvalue weighted by Crippen LogP contribution is 2.49. The minimum absolute atomic E-state index is 0.0913. The highest BCUT2D eigenvalue weighted by Gasteiger charge is 2.41. The molecule has 1 atom stereocenters. The summed E-state index contributed by atoms with van der Waals surface area (Å²) in [7, 11) is 0. The molecule has 0 amide bonds. The fourth-order valence-electron chi connectivity index (χ4n) is 3.16. The fraction of sp³-hybridized carbons (Fsp3) is 0.692. The van der Waals surface area contributed by atoms with Crippen molar-refractivity contribution in [1.29, 1.82) is 0 Å². The van der Waals surface area contributed by atoms with Gasteiger partial charge in [-0.25, -0.2) is 0 Å². The Hall–Kier alpha value is -1.12. The van der Waals surface area contributed by atoms with Crippen molar-refractivity contribution in [1.82, 2.24) is 0 Å². The van der Waals surface area contributed by atoms with Gasteiger partial charge in [0.2, 0.25) is 0 Å². The van der Waals surface area contributed by atoms with Gasteiger partial charge in [0, 0.05) is 12.8 Å². The Balaban J connectivity index is 2.19. The molecule has 0 spiro atoms. The summed E-state index contributed by atoms with van der Waals surface area (Å²) in [5.74, 6) is -0.492. The number of fused-ring (bicyclic) bond motifs is 1. The van der Waals surface area contributed by atoms with Crippen LogP contribution in [0.15, 0.2) is 11.6 Å². The van der Waals surface area contributed by atoms with Gasteiger partial charge in [-0.05, 0) is 49.5 Å². The zero-order valence-corrected chi connectivity index (χ0v) is 9.50. The maximum atomic E-state index is 11.9. The van der Waals surface area contributed by atoms with E-state index in [-0.39, 0.29) is 17.6 Å². The SMILES string of the molecule is O=C(O)CCC12CCCC=C1C(=O)CCC2. The second-order valence-corrected chi connectivity index (χ2v) is 4.96. The van der Waals surface area contributed by atoms with Gasteiger partial charge in [-0.2, -0.15) is 0 Å². The van der Waals surface area contributed by atoms with E-state index < -0.39 is 5.97 Å². The molecule has 0 aromatic heterocycles. The van der Waals surface area contributed by atoms with Crippen LogP contribution in [0.4, 0.5) is 0 Å². The Morgan fingerprint density at radius 1 is 1.38 bits per heavy atom. The Labute approximate surface area is 95.5 Å². The van der Waals surface area contributed by atoms with E-state index in [2.05, 4.69) is 6.08 Å². The first kappa shape index (κ1) is 11.4. The Kier molecular flexibility index (Phi) is 3.13. The summed E-state index contributed by atoms with van der Waals surface area (Å²) in [6.45, 7) is 0. The predicted molar refractivity (Wildman–Crippen MR) is 60.1 cm³/mol. The van der Waals surface area contributed by atoms with E-state index in [4.69, 9.17) is 5.11 Å². The van der Waals surface area contributed by atoms with Gasteiger partial charge in [0.1, 0.15) is 0 Å². The number of ketones is 1. The first-order valence-electron chi connectivity index (χ1n) is 6.10. The third-order valence-corrected chi connectivity index (χ3v) is 3.96. The summed E-state index contributed by atoms with van der Waals surface area (Å²) in [4.78, 5) is 22.6. The topological polar surface area (TPSA) is 54.4 Å². The molecule has 88 valence electrons. The molecule has 1 fully saturated rings. The molecule has 0 radical (unpaired) electrons. The van der Waals surface area contributed by atoms with E-state index in [1.165, 1.54) is 0 Å². The number of aliphatic carboxylic acids is 1. The van der Waals surface area contributed by atoms with E-state index >= 15 is 0 Å². The van der Waals surface area contributed by atoms with Crippen molar-refractivity contribution in [3.8, 4) is 0 Å². The van der Waals surface area contributed by atoms with Gasteiger partial charge in [0.25, 0.3) is 0 Å². The van der Waals surface area contributed by atoms with Crippen LogP contribution in [-0.4, -0.2) is 16.9 Å². The summed E-state index contributed by atoms with van der Waals surface area (Å²) < 4.78 is 0. The second-order valence-electron chi connectivity index (χ2n) is 4.96. The number of carboxylic acids is 1. The summed E-state index contributed by atoms with van der Waals surface area (Å²) in [6.07, 6.45) is 8.54. The Morgan fingerprint density at radius 3 is 2.88 bits per heavy atom. The van der Waals surface area contributed by atoms with Crippen molar-refractivity contribution in [2.24, 2.45) is 5.41 Å². The number of hydrogen-bond acceptors (Lipinski definition) is 2. The van der Waals surface area contributed by atoms with E-state index in [1.807, 2.05) is 0 Å². The molecule has 2 aliphatic carbocycles.